The molecular formula is C29H25N3O2. The Morgan fingerprint density at radius 3 is 2.53 bits per heavy atom. The number of carbonyl (C=O) groups excluding carboxylic acids is 1. The second-order valence-electron chi connectivity index (χ2n) is 8.79. The lowest BCUT2D eigenvalue weighted by atomic mass is 10.0. The summed E-state index contributed by atoms with van der Waals surface area (Å²) in [6.07, 6.45) is 0.449. The fourth-order valence-corrected chi connectivity index (χ4v) is 5.06. The van der Waals surface area contributed by atoms with Crippen molar-refractivity contribution in [1.82, 2.24) is 9.55 Å². The predicted molar refractivity (Wildman–Crippen MR) is 135 cm³/mol. The molecule has 0 aliphatic carbocycles. The SMILES string of the molecule is COc1ccc(N2CC(c3nc4ccccc4n3Cc3cccc4ccccc34)CC2=O)cc1. The van der Waals surface area contributed by atoms with E-state index in [9.17, 15) is 4.79 Å². The van der Waals surface area contributed by atoms with Gasteiger partial charge in [0.15, 0.2) is 0 Å². The van der Waals surface area contributed by atoms with Crippen LogP contribution in [0.15, 0.2) is 91.0 Å². The number of anilines is 1. The molecule has 1 aromatic heterocycles. The summed E-state index contributed by atoms with van der Waals surface area (Å²) < 4.78 is 7.57. The van der Waals surface area contributed by atoms with E-state index in [2.05, 4.69) is 65.2 Å². The van der Waals surface area contributed by atoms with Crippen molar-refractivity contribution in [3.8, 4) is 5.75 Å². The molecule has 0 bridgehead atoms. The number of amides is 1. The molecule has 1 saturated heterocycles. The minimum atomic E-state index is 0.0250. The zero-order valence-corrected chi connectivity index (χ0v) is 19.0. The number of methoxy groups -OCH3 is 1. The minimum Gasteiger partial charge on any atom is -0.497 e. The van der Waals surface area contributed by atoms with Gasteiger partial charge in [0.1, 0.15) is 11.6 Å². The molecule has 5 aromatic rings. The fourth-order valence-electron chi connectivity index (χ4n) is 5.06. The number of hydrogen-bond acceptors (Lipinski definition) is 3. The molecule has 1 aliphatic heterocycles. The Morgan fingerprint density at radius 1 is 0.912 bits per heavy atom. The number of rotatable bonds is 5. The first-order valence-corrected chi connectivity index (χ1v) is 11.6. The Hall–Kier alpha value is -4.12. The molecule has 1 fully saturated rings. The van der Waals surface area contributed by atoms with Crippen molar-refractivity contribution in [2.75, 3.05) is 18.6 Å². The first kappa shape index (κ1) is 20.5. The first-order valence-electron chi connectivity index (χ1n) is 11.6. The number of carbonyl (C=O) groups is 1. The van der Waals surface area contributed by atoms with Crippen LogP contribution in [0.1, 0.15) is 23.7 Å². The van der Waals surface area contributed by atoms with Gasteiger partial charge >= 0.3 is 0 Å². The van der Waals surface area contributed by atoms with Crippen LogP contribution in [0.3, 0.4) is 0 Å². The number of aromatic nitrogens is 2. The maximum Gasteiger partial charge on any atom is 0.227 e. The third-order valence-corrected chi connectivity index (χ3v) is 6.77. The van der Waals surface area contributed by atoms with E-state index in [0.29, 0.717) is 19.5 Å². The highest BCUT2D eigenvalue weighted by molar-refractivity contribution is 5.96. The molecule has 0 saturated carbocycles. The predicted octanol–water partition coefficient (Wildman–Crippen LogP) is 5.77. The largest absolute Gasteiger partial charge is 0.497 e. The van der Waals surface area contributed by atoms with Gasteiger partial charge in [-0.05, 0) is 52.7 Å². The normalized spacial score (nSPS) is 16.0. The number of hydrogen-bond donors (Lipinski definition) is 0. The lowest BCUT2D eigenvalue weighted by Crippen LogP contribution is -2.24. The molecule has 4 aromatic carbocycles. The van der Waals surface area contributed by atoms with Gasteiger partial charge in [0, 0.05) is 31.1 Å². The molecule has 5 nitrogen and oxygen atoms in total. The summed E-state index contributed by atoms with van der Waals surface area (Å²) in [5, 5.41) is 2.48. The highest BCUT2D eigenvalue weighted by atomic mass is 16.5. The van der Waals surface area contributed by atoms with Crippen molar-refractivity contribution < 1.29 is 9.53 Å². The Labute approximate surface area is 198 Å². The summed E-state index contributed by atoms with van der Waals surface area (Å²) in [6, 6.07) is 30.8. The molecule has 2 heterocycles. The van der Waals surface area contributed by atoms with Crippen LogP contribution in [0, 0.1) is 0 Å². The zero-order valence-electron chi connectivity index (χ0n) is 19.0. The lowest BCUT2D eigenvalue weighted by Gasteiger charge is -2.18. The standard InChI is InChI=1S/C29H25N3O2/c1-34-24-15-13-23(14-16-24)31-19-22(17-28(31)33)29-30-26-11-4-5-12-27(26)32(29)18-21-9-6-8-20-7-2-3-10-25(20)21/h2-16,22H,17-19H2,1H3. The number of para-hydroxylation sites is 2. The van der Waals surface area contributed by atoms with E-state index >= 15 is 0 Å². The smallest absolute Gasteiger partial charge is 0.227 e. The van der Waals surface area contributed by atoms with Crippen LogP contribution in [0.25, 0.3) is 21.8 Å². The van der Waals surface area contributed by atoms with E-state index in [-0.39, 0.29) is 11.8 Å². The van der Waals surface area contributed by atoms with Gasteiger partial charge in [0.25, 0.3) is 0 Å². The van der Waals surface area contributed by atoms with Crippen molar-refractivity contribution in [1.29, 1.82) is 0 Å². The summed E-state index contributed by atoms with van der Waals surface area (Å²) in [4.78, 5) is 19.9. The monoisotopic (exact) mass is 447 g/mol. The Kier molecular flexibility index (Phi) is 5.02. The van der Waals surface area contributed by atoms with Crippen LogP contribution in [0.2, 0.25) is 0 Å². The van der Waals surface area contributed by atoms with Gasteiger partial charge in [-0.1, -0.05) is 54.6 Å². The molecule has 0 radical (unpaired) electrons. The summed E-state index contributed by atoms with van der Waals surface area (Å²) in [6.45, 7) is 1.33. The van der Waals surface area contributed by atoms with Crippen molar-refractivity contribution in [2.24, 2.45) is 0 Å². The van der Waals surface area contributed by atoms with Crippen LogP contribution in [0.5, 0.6) is 5.75 Å². The number of ether oxygens (including phenoxy) is 1. The lowest BCUT2D eigenvalue weighted by molar-refractivity contribution is -0.117. The van der Waals surface area contributed by atoms with Gasteiger partial charge in [-0.3, -0.25) is 4.79 Å². The van der Waals surface area contributed by atoms with E-state index in [1.165, 1.54) is 16.3 Å². The van der Waals surface area contributed by atoms with E-state index in [1.807, 2.05) is 35.2 Å². The average molecular weight is 448 g/mol. The van der Waals surface area contributed by atoms with Crippen molar-refractivity contribution in [3.63, 3.8) is 0 Å². The van der Waals surface area contributed by atoms with Crippen LogP contribution in [-0.2, 0) is 11.3 Å². The van der Waals surface area contributed by atoms with E-state index in [4.69, 9.17) is 9.72 Å². The summed E-state index contributed by atoms with van der Waals surface area (Å²) >= 11 is 0. The van der Waals surface area contributed by atoms with Crippen LogP contribution >= 0.6 is 0 Å². The topological polar surface area (TPSA) is 47.4 Å². The molecule has 1 aliphatic rings. The molecule has 34 heavy (non-hydrogen) atoms. The maximum atomic E-state index is 13.0. The second kappa shape index (κ2) is 8.34. The molecule has 0 N–H and O–H groups in total. The third-order valence-electron chi connectivity index (χ3n) is 6.77. The molecular weight excluding hydrogens is 422 g/mol. The van der Waals surface area contributed by atoms with Gasteiger partial charge in [-0.15, -0.1) is 0 Å². The number of benzene rings is 4. The molecule has 6 rings (SSSR count). The molecule has 168 valence electrons. The number of fused-ring (bicyclic) bond motifs is 2. The average Bonchev–Trinajstić information content (AvgIpc) is 3.45. The second-order valence-corrected chi connectivity index (χ2v) is 8.79. The molecule has 1 atom stereocenters. The van der Waals surface area contributed by atoms with E-state index < -0.39 is 0 Å². The Morgan fingerprint density at radius 2 is 1.68 bits per heavy atom. The van der Waals surface area contributed by atoms with Crippen molar-refractivity contribution >= 4 is 33.4 Å². The molecule has 1 amide bonds. The summed E-state index contributed by atoms with van der Waals surface area (Å²) in [5.74, 6) is 1.90. The highest BCUT2D eigenvalue weighted by Crippen LogP contribution is 2.34. The van der Waals surface area contributed by atoms with Crippen LogP contribution < -0.4 is 9.64 Å². The van der Waals surface area contributed by atoms with E-state index in [0.717, 1.165) is 28.3 Å². The van der Waals surface area contributed by atoms with Crippen LogP contribution in [-0.4, -0.2) is 29.1 Å². The van der Waals surface area contributed by atoms with Crippen molar-refractivity contribution in [2.45, 2.75) is 18.9 Å². The summed E-state index contributed by atoms with van der Waals surface area (Å²) in [5.41, 5.74) is 4.21. The van der Waals surface area contributed by atoms with Gasteiger partial charge in [0.05, 0.1) is 18.1 Å². The van der Waals surface area contributed by atoms with Gasteiger partial charge in [0.2, 0.25) is 5.91 Å². The zero-order chi connectivity index (χ0) is 23.1. The fraction of sp³-hybridized carbons (Fsp3) is 0.172. The van der Waals surface area contributed by atoms with Gasteiger partial charge in [-0.25, -0.2) is 4.98 Å². The summed E-state index contributed by atoms with van der Waals surface area (Å²) in [7, 11) is 1.65. The van der Waals surface area contributed by atoms with E-state index in [1.54, 1.807) is 7.11 Å². The molecule has 0 spiro atoms. The van der Waals surface area contributed by atoms with Gasteiger partial charge < -0.3 is 14.2 Å². The van der Waals surface area contributed by atoms with Gasteiger partial charge in [-0.2, -0.15) is 0 Å². The molecule has 1 unspecified atom stereocenters. The minimum absolute atomic E-state index is 0.0250. The quantitative estimate of drug-likeness (QED) is 0.344. The van der Waals surface area contributed by atoms with Crippen LogP contribution in [0.4, 0.5) is 5.69 Å². The van der Waals surface area contributed by atoms with Crippen molar-refractivity contribution in [3.05, 3.63) is 102 Å². The Balaban J connectivity index is 1.39. The first-order chi connectivity index (χ1) is 16.7. The Bertz CT molecular complexity index is 1500. The highest BCUT2D eigenvalue weighted by Gasteiger charge is 2.35. The third kappa shape index (κ3) is 3.50. The molecule has 5 heteroatoms. The maximum absolute atomic E-state index is 13.0. The number of imidazole rings is 1. The number of nitrogens with zero attached hydrogens (tertiary/aromatic N) is 3.